The van der Waals surface area contributed by atoms with Crippen molar-refractivity contribution >= 4 is 9.84 Å². The summed E-state index contributed by atoms with van der Waals surface area (Å²) in [4.78, 5) is 0.361. The lowest BCUT2D eigenvalue weighted by atomic mass is 9.72. The molecule has 0 saturated carbocycles. The van der Waals surface area contributed by atoms with E-state index in [1.807, 2.05) is 32.1 Å². The van der Waals surface area contributed by atoms with Crippen LogP contribution < -0.4 is 0 Å². The van der Waals surface area contributed by atoms with E-state index in [9.17, 15) is 8.42 Å². The fourth-order valence-electron chi connectivity index (χ4n) is 4.24. The van der Waals surface area contributed by atoms with E-state index < -0.39 is 15.1 Å². The van der Waals surface area contributed by atoms with Gasteiger partial charge in [0.1, 0.15) is 0 Å². The van der Waals surface area contributed by atoms with Gasteiger partial charge in [-0.15, -0.1) is 0 Å². The van der Waals surface area contributed by atoms with Gasteiger partial charge in [0.15, 0.2) is 9.84 Å². The Balaban J connectivity index is 2.38. The molecule has 2 rings (SSSR count). The third-order valence-electron chi connectivity index (χ3n) is 6.10. The summed E-state index contributed by atoms with van der Waals surface area (Å²) in [5.74, 6) is 0. The van der Waals surface area contributed by atoms with Gasteiger partial charge in [-0.25, -0.2) is 8.42 Å². The average Bonchev–Trinajstić information content (AvgIpc) is 2.71. The molecule has 1 aromatic rings. The maximum atomic E-state index is 13.4. The normalized spacial score (nSPS) is 19.2. The molecular formula is C27H38O3S. The van der Waals surface area contributed by atoms with Gasteiger partial charge in [0.05, 0.1) is 16.8 Å². The van der Waals surface area contributed by atoms with Crippen LogP contribution in [0.4, 0.5) is 0 Å². The minimum atomic E-state index is -3.50. The maximum absolute atomic E-state index is 13.4. The zero-order valence-electron chi connectivity index (χ0n) is 19.9. The van der Waals surface area contributed by atoms with Gasteiger partial charge in [-0.3, -0.25) is 0 Å². The van der Waals surface area contributed by atoms with Crippen molar-refractivity contribution in [2.75, 3.05) is 13.7 Å². The van der Waals surface area contributed by atoms with Gasteiger partial charge >= 0.3 is 0 Å². The summed E-state index contributed by atoms with van der Waals surface area (Å²) in [6, 6.07) is 8.73. The molecule has 0 heterocycles. The SMILES string of the molecule is COCC=C(C)CC(C=C(C)C=CC1=C(C)CCCC1(C)C)S(=O)(=O)c1ccccc1. The van der Waals surface area contributed by atoms with Crippen LogP contribution in [0.5, 0.6) is 0 Å². The van der Waals surface area contributed by atoms with Crippen LogP contribution in [-0.2, 0) is 14.6 Å². The summed E-state index contributed by atoms with van der Waals surface area (Å²) in [6.45, 7) is 11.2. The molecule has 0 bridgehead atoms. The Labute approximate surface area is 189 Å². The predicted molar refractivity (Wildman–Crippen MR) is 131 cm³/mol. The molecule has 4 heteroatoms. The molecule has 0 amide bonds. The van der Waals surface area contributed by atoms with E-state index in [1.54, 1.807) is 31.4 Å². The van der Waals surface area contributed by atoms with Crippen LogP contribution in [0, 0.1) is 5.41 Å². The van der Waals surface area contributed by atoms with Crippen LogP contribution in [0.25, 0.3) is 0 Å². The highest BCUT2D eigenvalue weighted by molar-refractivity contribution is 7.92. The number of hydrogen-bond acceptors (Lipinski definition) is 3. The Morgan fingerprint density at radius 3 is 2.48 bits per heavy atom. The van der Waals surface area contributed by atoms with Crippen molar-refractivity contribution in [3.8, 4) is 0 Å². The minimum Gasteiger partial charge on any atom is -0.381 e. The molecule has 1 aliphatic carbocycles. The molecule has 0 aliphatic heterocycles. The molecule has 1 atom stereocenters. The van der Waals surface area contributed by atoms with E-state index in [-0.39, 0.29) is 5.41 Å². The molecule has 170 valence electrons. The fourth-order valence-corrected chi connectivity index (χ4v) is 6.01. The van der Waals surface area contributed by atoms with E-state index in [0.717, 1.165) is 17.6 Å². The van der Waals surface area contributed by atoms with Gasteiger partial charge in [-0.1, -0.05) is 73.1 Å². The van der Waals surface area contributed by atoms with Gasteiger partial charge in [0, 0.05) is 7.11 Å². The Hall–Kier alpha value is -1.91. The summed E-state index contributed by atoms with van der Waals surface area (Å²) >= 11 is 0. The second kappa shape index (κ2) is 11.1. The largest absolute Gasteiger partial charge is 0.381 e. The summed E-state index contributed by atoms with van der Waals surface area (Å²) in [6.07, 6.45) is 12.1. The van der Waals surface area contributed by atoms with E-state index in [2.05, 4.69) is 32.9 Å². The molecule has 0 fully saturated rings. The van der Waals surface area contributed by atoms with Gasteiger partial charge in [0.25, 0.3) is 0 Å². The Morgan fingerprint density at radius 2 is 1.87 bits per heavy atom. The predicted octanol–water partition coefficient (Wildman–Crippen LogP) is 6.84. The molecule has 0 saturated heterocycles. The van der Waals surface area contributed by atoms with Crippen LogP contribution >= 0.6 is 0 Å². The molecule has 0 N–H and O–H groups in total. The number of methoxy groups -OCH3 is 1. The van der Waals surface area contributed by atoms with E-state index in [4.69, 9.17) is 4.74 Å². The fraction of sp³-hybridized carbons (Fsp3) is 0.481. The third kappa shape index (κ3) is 7.05. The van der Waals surface area contributed by atoms with Crippen LogP contribution in [0.3, 0.4) is 0 Å². The number of hydrogen-bond donors (Lipinski definition) is 0. The number of allylic oxidation sites excluding steroid dienone is 6. The number of rotatable bonds is 9. The van der Waals surface area contributed by atoms with Crippen molar-refractivity contribution in [3.63, 3.8) is 0 Å². The monoisotopic (exact) mass is 442 g/mol. The zero-order chi connectivity index (χ0) is 23.1. The summed E-state index contributed by atoms with van der Waals surface area (Å²) in [5.41, 5.74) is 4.95. The van der Waals surface area contributed by atoms with Gasteiger partial charge in [0.2, 0.25) is 0 Å². The molecule has 0 spiro atoms. The maximum Gasteiger partial charge on any atom is 0.185 e. The van der Waals surface area contributed by atoms with E-state index >= 15 is 0 Å². The third-order valence-corrected chi connectivity index (χ3v) is 8.13. The molecular weight excluding hydrogens is 404 g/mol. The number of benzene rings is 1. The van der Waals surface area contributed by atoms with Crippen molar-refractivity contribution in [3.05, 3.63) is 76.9 Å². The number of ether oxygens (including phenoxy) is 1. The van der Waals surface area contributed by atoms with Gasteiger partial charge in [-0.05, 0) is 69.6 Å². The molecule has 31 heavy (non-hydrogen) atoms. The first-order valence-corrected chi connectivity index (χ1v) is 12.6. The minimum absolute atomic E-state index is 0.161. The molecule has 0 aromatic heterocycles. The van der Waals surface area contributed by atoms with Crippen molar-refractivity contribution in [2.45, 2.75) is 70.4 Å². The van der Waals surface area contributed by atoms with Crippen LogP contribution in [0.1, 0.15) is 60.3 Å². The van der Waals surface area contributed by atoms with Crippen LogP contribution in [-0.4, -0.2) is 27.4 Å². The topological polar surface area (TPSA) is 43.4 Å². The van der Waals surface area contributed by atoms with Crippen molar-refractivity contribution in [1.82, 2.24) is 0 Å². The highest BCUT2D eigenvalue weighted by Crippen LogP contribution is 2.40. The summed E-state index contributed by atoms with van der Waals surface area (Å²) < 4.78 is 31.9. The Bertz CT molecular complexity index is 961. The lowest BCUT2D eigenvalue weighted by Crippen LogP contribution is -2.20. The molecule has 3 nitrogen and oxygen atoms in total. The lowest BCUT2D eigenvalue weighted by Gasteiger charge is -2.33. The van der Waals surface area contributed by atoms with Crippen LogP contribution in [0.15, 0.2) is 81.8 Å². The second-order valence-corrected chi connectivity index (χ2v) is 11.4. The highest BCUT2D eigenvalue weighted by Gasteiger charge is 2.27. The molecule has 0 radical (unpaired) electrons. The molecule has 1 unspecified atom stereocenters. The first-order chi connectivity index (χ1) is 14.6. The average molecular weight is 443 g/mol. The number of sulfone groups is 1. The molecule has 1 aliphatic rings. The van der Waals surface area contributed by atoms with E-state index in [1.165, 1.54) is 24.0 Å². The first-order valence-electron chi connectivity index (χ1n) is 11.1. The summed E-state index contributed by atoms with van der Waals surface area (Å²) in [5, 5.41) is -0.623. The molecule has 1 aromatic carbocycles. The first kappa shape index (κ1) is 25.4. The van der Waals surface area contributed by atoms with Gasteiger partial charge < -0.3 is 4.74 Å². The highest BCUT2D eigenvalue weighted by atomic mass is 32.2. The lowest BCUT2D eigenvalue weighted by molar-refractivity contribution is 0.233. The smallest absolute Gasteiger partial charge is 0.185 e. The standard InChI is InChI=1S/C27H38O3S/c1-21(14-15-26-23(3)11-10-17-27(26,4)5)19-25(20-22(2)16-18-30-6)31(28,29)24-12-8-7-9-13-24/h7-9,12-16,19,25H,10-11,17-18,20H2,1-6H3. The second-order valence-electron chi connectivity index (χ2n) is 9.28. The zero-order valence-corrected chi connectivity index (χ0v) is 20.8. The quantitative estimate of drug-likeness (QED) is 0.310. The van der Waals surface area contributed by atoms with Crippen molar-refractivity contribution in [2.24, 2.45) is 5.41 Å². The Kier molecular flexibility index (Phi) is 9.08. The van der Waals surface area contributed by atoms with Crippen LogP contribution in [0.2, 0.25) is 0 Å². The van der Waals surface area contributed by atoms with Crippen molar-refractivity contribution < 1.29 is 13.2 Å². The van der Waals surface area contributed by atoms with Gasteiger partial charge in [-0.2, -0.15) is 0 Å². The summed E-state index contributed by atoms with van der Waals surface area (Å²) in [7, 11) is -1.86. The Morgan fingerprint density at radius 1 is 1.19 bits per heavy atom. The van der Waals surface area contributed by atoms with E-state index in [0.29, 0.717) is 17.9 Å². The van der Waals surface area contributed by atoms with Crippen molar-refractivity contribution in [1.29, 1.82) is 0 Å².